The van der Waals surface area contributed by atoms with Gasteiger partial charge >= 0.3 is 0 Å². The van der Waals surface area contributed by atoms with Gasteiger partial charge in [-0.1, -0.05) is 63.2 Å². The van der Waals surface area contributed by atoms with Crippen molar-refractivity contribution < 1.29 is 4.52 Å². The van der Waals surface area contributed by atoms with E-state index in [2.05, 4.69) is 43.3 Å². The average Bonchev–Trinajstić information content (AvgIpc) is 3.18. The summed E-state index contributed by atoms with van der Waals surface area (Å²) in [7, 11) is 0. The summed E-state index contributed by atoms with van der Waals surface area (Å²) >= 11 is 0. The molecule has 1 heterocycles. The minimum Gasteiger partial charge on any atom is -0.334 e. The van der Waals surface area contributed by atoms with Crippen molar-refractivity contribution in [3.8, 4) is 11.5 Å². The summed E-state index contributed by atoms with van der Waals surface area (Å²) in [5.41, 5.74) is 2.44. The van der Waals surface area contributed by atoms with Crippen molar-refractivity contribution in [1.29, 1.82) is 0 Å². The number of benzene rings is 1. The van der Waals surface area contributed by atoms with E-state index in [1.165, 1.54) is 69.8 Å². The first-order valence-electron chi connectivity index (χ1n) is 10.7. The standard InChI is InChI=1S/C23H34N2O/c1-3-5-7-9-19-12-16-21(17-13-19)23-24-22(25-26-23)20-14-10-18(11-15-20)8-6-4-2/h12-13,16-18,20H,3-11,14-15H2,1-2H3. The Kier molecular flexibility index (Phi) is 7.28. The Morgan fingerprint density at radius 3 is 2.35 bits per heavy atom. The SMILES string of the molecule is CCCCCc1ccc(-c2nc(C3CCC(CCCC)CC3)no2)cc1. The van der Waals surface area contributed by atoms with E-state index in [9.17, 15) is 0 Å². The van der Waals surface area contributed by atoms with Gasteiger partial charge in [0.25, 0.3) is 5.89 Å². The van der Waals surface area contributed by atoms with Gasteiger partial charge in [-0.25, -0.2) is 0 Å². The molecule has 3 heteroatoms. The van der Waals surface area contributed by atoms with Crippen LogP contribution >= 0.6 is 0 Å². The highest BCUT2D eigenvalue weighted by Crippen LogP contribution is 2.37. The molecule has 0 unspecified atom stereocenters. The number of hydrogen-bond acceptors (Lipinski definition) is 3. The van der Waals surface area contributed by atoms with Crippen molar-refractivity contribution in [2.24, 2.45) is 5.92 Å². The smallest absolute Gasteiger partial charge is 0.257 e. The first-order chi connectivity index (χ1) is 12.8. The third-order valence-electron chi connectivity index (χ3n) is 5.89. The van der Waals surface area contributed by atoms with Gasteiger partial charge in [0.1, 0.15) is 0 Å². The van der Waals surface area contributed by atoms with Crippen LogP contribution in [0.2, 0.25) is 0 Å². The lowest BCUT2D eigenvalue weighted by atomic mass is 9.79. The maximum absolute atomic E-state index is 5.57. The Morgan fingerprint density at radius 1 is 0.923 bits per heavy atom. The van der Waals surface area contributed by atoms with Crippen LogP contribution < -0.4 is 0 Å². The second-order valence-electron chi connectivity index (χ2n) is 7.97. The second kappa shape index (κ2) is 9.89. The number of rotatable bonds is 9. The zero-order chi connectivity index (χ0) is 18.2. The molecular weight excluding hydrogens is 320 g/mol. The summed E-state index contributed by atoms with van der Waals surface area (Å²) in [6.07, 6.45) is 14.1. The van der Waals surface area contributed by atoms with Crippen LogP contribution in [0, 0.1) is 5.92 Å². The molecule has 3 rings (SSSR count). The quantitative estimate of drug-likeness (QED) is 0.458. The third kappa shape index (κ3) is 5.18. The average molecular weight is 355 g/mol. The molecule has 1 aliphatic carbocycles. The lowest BCUT2D eigenvalue weighted by Gasteiger charge is -2.26. The largest absolute Gasteiger partial charge is 0.334 e. The highest BCUT2D eigenvalue weighted by molar-refractivity contribution is 5.53. The predicted molar refractivity (Wildman–Crippen MR) is 107 cm³/mol. The summed E-state index contributed by atoms with van der Waals surface area (Å²) in [4.78, 5) is 4.72. The van der Waals surface area contributed by atoms with Gasteiger partial charge in [0.15, 0.2) is 5.82 Å². The highest BCUT2D eigenvalue weighted by Gasteiger charge is 2.25. The Labute approximate surface area is 158 Å². The number of aryl methyl sites for hydroxylation is 1. The van der Waals surface area contributed by atoms with Gasteiger partial charge in [0.2, 0.25) is 0 Å². The summed E-state index contributed by atoms with van der Waals surface area (Å²) in [6.45, 7) is 4.53. The van der Waals surface area contributed by atoms with Gasteiger partial charge in [-0.15, -0.1) is 0 Å². The number of unbranched alkanes of at least 4 members (excludes halogenated alkanes) is 3. The molecule has 0 bridgehead atoms. The van der Waals surface area contributed by atoms with Crippen molar-refractivity contribution in [3.63, 3.8) is 0 Å². The molecule has 1 aromatic carbocycles. The van der Waals surface area contributed by atoms with Crippen LogP contribution in [0.15, 0.2) is 28.8 Å². The molecule has 0 aliphatic heterocycles. The summed E-state index contributed by atoms with van der Waals surface area (Å²) in [6, 6.07) is 8.65. The summed E-state index contributed by atoms with van der Waals surface area (Å²) in [5.74, 6) is 2.99. The number of aromatic nitrogens is 2. The first kappa shape index (κ1) is 19.1. The van der Waals surface area contributed by atoms with Gasteiger partial charge in [-0.3, -0.25) is 0 Å². The molecule has 0 saturated heterocycles. The Hall–Kier alpha value is -1.64. The molecule has 1 aliphatic rings. The number of hydrogen-bond donors (Lipinski definition) is 0. The predicted octanol–water partition coefficient (Wildman–Crippen LogP) is 6.93. The third-order valence-corrected chi connectivity index (χ3v) is 5.89. The van der Waals surface area contributed by atoms with Crippen molar-refractivity contribution in [3.05, 3.63) is 35.7 Å². The van der Waals surface area contributed by atoms with Crippen molar-refractivity contribution >= 4 is 0 Å². The Balaban J connectivity index is 1.55. The maximum atomic E-state index is 5.57. The molecule has 0 spiro atoms. The lowest BCUT2D eigenvalue weighted by Crippen LogP contribution is -2.14. The maximum Gasteiger partial charge on any atom is 0.257 e. The molecule has 1 fully saturated rings. The van der Waals surface area contributed by atoms with Crippen LogP contribution in [-0.4, -0.2) is 10.1 Å². The van der Waals surface area contributed by atoms with Crippen molar-refractivity contribution in [1.82, 2.24) is 10.1 Å². The lowest BCUT2D eigenvalue weighted by molar-refractivity contribution is 0.293. The van der Waals surface area contributed by atoms with E-state index >= 15 is 0 Å². The van der Waals surface area contributed by atoms with Crippen LogP contribution in [0.25, 0.3) is 11.5 Å². The molecule has 0 amide bonds. The van der Waals surface area contributed by atoms with Gasteiger partial charge in [-0.05, 0) is 62.1 Å². The molecule has 1 aromatic heterocycles. The van der Waals surface area contributed by atoms with Gasteiger partial charge in [-0.2, -0.15) is 4.98 Å². The number of nitrogens with zero attached hydrogens (tertiary/aromatic N) is 2. The van der Waals surface area contributed by atoms with Gasteiger partial charge < -0.3 is 4.52 Å². The van der Waals surface area contributed by atoms with Crippen LogP contribution in [0.3, 0.4) is 0 Å². The fourth-order valence-electron chi connectivity index (χ4n) is 4.11. The summed E-state index contributed by atoms with van der Waals surface area (Å²) < 4.78 is 5.57. The molecule has 0 radical (unpaired) electrons. The molecule has 142 valence electrons. The topological polar surface area (TPSA) is 38.9 Å². The Morgan fingerprint density at radius 2 is 1.65 bits per heavy atom. The zero-order valence-electron chi connectivity index (χ0n) is 16.5. The van der Waals surface area contributed by atoms with Crippen molar-refractivity contribution in [2.75, 3.05) is 0 Å². The molecular formula is C23H34N2O. The van der Waals surface area contributed by atoms with Crippen molar-refractivity contribution in [2.45, 2.75) is 90.4 Å². The molecule has 0 atom stereocenters. The van der Waals surface area contributed by atoms with Crippen LogP contribution in [-0.2, 0) is 6.42 Å². The molecule has 26 heavy (non-hydrogen) atoms. The first-order valence-corrected chi connectivity index (χ1v) is 10.7. The fourth-order valence-corrected chi connectivity index (χ4v) is 4.11. The minimum absolute atomic E-state index is 0.485. The minimum atomic E-state index is 0.485. The van der Waals surface area contributed by atoms with E-state index in [1.54, 1.807) is 0 Å². The molecule has 3 nitrogen and oxygen atoms in total. The summed E-state index contributed by atoms with van der Waals surface area (Å²) in [5, 5.41) is 4.30. The van der Waals surface area contributed by atoms with E-state index in [0.29, 0.717) is 11.8 Å². The van der Waals surface area contributed by atoms with E-state index in [1.807, 2.05) is 0 Å². The monoisotopic (exact) mass is 354 g/mol. The van der Waals surface area contributed by atoms with Gasteiger partial charge in [0.05, 0.1) is 0 Å². The highest BCUT2D eigenvalue weighted by atomic mass is 16.5. The van der Waals surface area contributed by atoms with E-state index in [0.717, 1.165) is 23.7 Å². The molecule has 1 saturated carbocycles. The fraction of sp³-hybridized carbons (Fsp3) is 0.652. The van der Waals surface area contributed by atoms with E-state index < -0.39 is 0 Å². The molecule has 2 aromatic rings. The normalized spacial score (nSPS) is 20.4. The molecule has 0 N–H and O–H groups in total. The van der Waals surface area contributed by atoms with Crippen LogP contribution in [0.5, 0.6) is 0 Å². The Bertz CT molecular complexity index is 638. The van der Waals surface area contributed by atoms with E-state index in [-0.39, 0.29) is 0 Å². The zero-order valence-corrected chi connectivity index (χ0v) is 16.5. The van der Waals surface area contributed by atoms with E-state index in [4.69, 9.17) is 9.51 Å². The van der Waals surface area contributed by atoms with Crippen LogP contribution in [0.1, 0.15) is 95.4 Å². The van der Waals surface area contributed by atoms with Gasteiger partial charge in [0, 0.05) is 11.5 Å². The van der Waals surface area contributed by atoms with Crippen LogP contribution in [0.4, 0.5) is 0 Å². The second-order valence-corrected chi connectivity index (χ2v) is 7.97.